The summed E-state index contributed by atoms with van der Waals surface area (Å²) in [6.07, 6.45) is 3.48. The van der Waals surface area contributed by atoms with E-state index in [1.165, 1.54) is 0 Å². The third kappa shape index (κ3) is 7.28. The fourth-order valence-corrected chi connectivity index (χ4v) is 2.56. The van der Waals surface area contributed by atoms with Crippen molar-refractivity contribution in [1.29, 1.82) is 0 Å². The molecule has 2 N–H and O–H groups in total. The van der Waals surface area contributed by atoms with Crippen LogP contribution in [0.25, 0.3) is 0 Å². The number of rotatable bonds is 11. The molecule has 0 fully saturated rings. The van der Waals surface area contributed by atoms with Gasteiger partial charge >= 0.3 is 0 Å². The maximum atomic E-state index is 9.31. The summed E-state index contributed by atoms with van der Waals surface area (Å²) >= 11 is 0. The van der Waals surface area contributed by atoms with E-state index in [2.05, 4.69) is 51.8 Å². The number of hydrogen-bond donors (Lipinski definition) is 2. The summed E-state index contributed by atoms with van der Waals surface area (Å²) < 4.78 is 0. The van der Waals surface area contributed by atoms with Gasteiger partial charge in [0, 0.05) is 31.7 Å². The molecule has 0 heterocycles. The van der Waals surface area contributed by atoms with Gasteiger partial charge in [-0.2, -0.15) is 0 Å². The van der Waals surface area contributed by atoms with E-state index in [0.717, 1.165) is 38.9 Å². The summed E-state index contributed by atoms with van der Waals surface area (Å²) in [5, 5.41) is 12.9. The lowest BCUT2D eigenvalue weighted by Gasteiger charge is -2.39. The van der Waals surface area contributed by atoms with Gasteiger partial charge in [0.25, 0.3) is 0 Å². The highest BCUT2D eigenvalue weighted by Gasteiger charge is 2.27. The predicted molar refractivity (Wildman–Crippen MR) is 84.6 cm³/mol. The fraction of sp³-hybridized carbons (Fsp3) is 1.00. The highest BCUT2D eigenvalue weighted by Crippen LogP contribution is 2.24. The van der Waals surface area contributed by atoms with Crippen LogP contribution in [0.5, 0.6) is 0 Å². The number of hydrogen-bond acceptors (Lipinski definition) is 3. The van der Waals surface area contributed by atoms with Crippen molar-refractivity contribution in [2.45, 2.75) is 72.9 Å². The van der Waals surface area contributed by atoms with Gasteiger partial charge in [-0.05, 0) is 24.7 Å². The normalized spacial score (nSPS) is 15.5. The van der Waals surface area contributed by atoms with E-state index >= 15 is 0 Å². The Labute approximate surface area is 120 Å². The van der Waals surface area contributed by atoms with E-state index in [9.17, 15) is 5.11 Å². The smallest absolute Gasteiger partial charge is 0.0558 e. The minimum atomic E-state index is 0.258. The highest BCUT2D eigenvalue weighted by molar-refractivity contribution is 4.83. The maximum Gasteiger partial charge on any atom is 0.0558 e. The topological polar surface area (TPSA) is 35.5 Å². The van der Waals surface area contributed by atoms with Crippen LogP contribution in [0.3, 0.4) is 0 Å². The molecule has 0 saturated heterocycles. The van der Waals surface area contributed by atoms with E-state index in [4.69, 9.17) is 0 Å². The van der Waals surface area contributed by atoms with Gasteiger partial charge < -0.3 is 10.4 Å². The molecule has 3 heteroatoms. The van der Waals surface area contributed by atoms with Crippen molar-refractivity contribution < 1.29 is 5.11 Å². The molecule has 116 valence electrons. The lowest BCUT2D eigenvalue weighted by molar-refractivity contribution is 0.0861. The van der Waals surface area contributed by atoms with Crippen molar-refractivity contribution in [3.05, 3.63) is 0 Å². The zero-order valence-electron chi connectivity index (χ0n) is 14.0. The van der Waals surface area contributed by atoms with E-state index in [0.29, 0.717) is 12.1 Å². The Hall–Kier alpha value is -0.120. The lowest BCUT2D eigenvalue weighted by atomic mass is 9.85. The Bertz CT molecular complexity index is 217. The molecular weight excluding hydrogens is 236 g/mol. The van der Waals surface area contributed by atoms with Crippen LogP contribution in [-0.4, -0.2) is 48.3 Å². The summed E-state index contributed by atoms with van der Waals surface area (Å²) in [5.41, 5.74) is 0.280. The van der Waals surface area contributed by atoms with Gasteiger partial charge in [0.15, 0.2) is 0 Å². The van der Waals surface area contributed by atoms with Gasteiger partial charge in [-0.3, -0.25) is 4.90 Å². The molecule has 0 aliphatic rings. The molecule has 0 aromatic heterocycles. The molecule has 0 aromatic rings. The van der Waals surface area contributed by atoms with Crippen molar-refractivity contribution in [2.75, 3.05) is 26.2 Å². The largest absolute Gasteiger partial charge is 0.395 e. The number of aliphatic hydroxyl groups is 1. The van der Waals surface area contributed by atoms with Crippen LogP contribution in [0.1, 0.15) is 60.8 Å². The molecule has 0 aliphatic heterocycles. The minimum Gasteiger partial charge on any atom is -0.395 e. The quantitative estimate of drug-likeness (QED) is 0.607. The van der Waals surface area contributed by atoms with Crippen molar-refractivity contribution in [3.63, 3.8) is 0 Å². The average molecular weight is 272 g/mol. The van der Waals surface area contributed by atoms with Gasteiger partial charge in [-0.15, -0.1) is 0 Å². The molecular formula is C16H36N2O. The molecule has 0 spiro atoms. The van der Waals surface area contributed by atoms with Crippen LogP contribution >= 0.6 is 0 Å². The zero-order chi connectivity index (χ0) is 14.9. The lowest BCUT2D eigenvalue weighted by Crippen LogP contribution is -2.47. The Morgan fingerprint density at radius 2 is 1.74 bits per heavy atom. The first-order chi connectivity index (χ1) is 8.92. The first-order valence-electron chi connectivity index (χ1n) is 8.00. The summed E-state index contributed by atoms with van der Waals surface area (Å²) in [4.78, 5) is 2.48. The molecule has 3 nitrogen and oxygen atoms in total. The summed E-state index contributed by atoms with van der Waals surface area (Å²) in [6.45, 7) is 16.7. The molecule has 1 unspecified atom stereocenters. The van der Waals surface area contributed by atoms with Crippen LogP contribution in [-0.2, 0) is 0 Å². The Balaban J connectivity index is 4.65. The molecule has 1 atom stereocenters. The van der Waals surface area contributed by atoms with Crippen molar-refractivity contribution in [1.82, 2.24) is 10.2 Å². The standard InChI is InChI=1S/C16H36N2O/c1-7-15(8-2)18(10-11-19)13-16(6,9-3)12-17-14(4)5/h14-15,17,19H,7-13H2,1-6H3. The summed E-state index contributed by atoms with van der Waals surface area (Å²) in [5.74, 6) is 0. The molecule has 0 aliphatic carbocycles. The zero-order valence-corrected chi connectivity index (χ0v) is 14.0. The second kappa shape index (κ2) is 9.73. The molecule has 0 aromatic carbocycles. The summed E-state index contributed by atoms with van der Waals surface area (Å²) in [7, 11) is 0. The predicted octanol–water partition coefficient (Wildman–Crippen LogP) is 2.88. The average Bonchev–Trinajstić information content (AvgIpc) is 2.38. The summed E-state index contributed by atoms with van der Waals surface area (Å²) in [6, 6.07) is 1.13. The second-order valence-electron chi connectivity index (χ2n) is 6.36. The van der Waals surface area contributed by atoms with E-state index in [-0.39, 0.29) is 12.0 Å². The minimum absolute atomic E-state index is 0.258. The van der Waals surface area contributed by atoms with Gasteiger partial charge in [-0.25, -0.2) is 0 Å². The molecule has 0 bridgehead atoms. The second-order valence-corrected chi connectivity index (χ2v) is 6.36. The third-order valence-corrected chi connectivity index (χ3v) is 4.22. The van der Waals surface area contributed by atoms with Crippen molar-refractivity contribution >= 4 is 0 Å². The maximum absolute atomic E-state index is 9.31. The van der Waals surface area contributed by atoms with Gasteiger partial charge in [0.1, 0.15) is 0 Å². The van der Waals surface area contributed by atoms with Crippen molar-refractivity contribution in [3.8, 4) is 0 Å². The molecule has 0 radical (unpaired) electrons. The molecule has 0 amide bonds. The molecule has 0 rings (SSSR count). The third-order valence-electron chi connectivity index (χ3n) is 4.22. The SMILES string of the molecule is CCC(CC)N(CCO)CC(C)(CC)CNC(C)C. The van der Waals surface area contributed by atoms with Gasteiger partial charge in [0.2, 0.25) is 0 Å². The van der Waals surface area contributed by atoms with Crippen LogP contribution in [0.2, 0.25) is 0 Å². The van der Waals surface area contributed by atoms with Gasteiger partial charge in [-0.1, -0.05) is 41.5 Å². The van der Waals surface area contributed by atoms with E-state index in [1.807, 2.05) is 0 Å². The van der Waals surface area contributed by atoms with Crippen molar-refractivity contribution in [2.24, 2.45) is 5.41 Å². The Morgan fingerprint density at radius 3 is 2.11 bits per heavy atom. The van der Waals surface area contributed by atoms with E-state index in [1.54, 1.807) is 0 Å². The highest BCUT2D eigenvalue weighted by atomic mass is 16.3. The Kier molecular flexibility index (Phi) is 9.67. The monoisotopic (exact) mass is 272 g/mol. The van der Waals surface area contributed by atoms with Crippen LogP contribution in [0.15, 0.2) is 0 Å². The first kappa shape index (κ1) is 18.9. The van der Waals surface area contributed by atoms with Crippen LogP contribution in [0, 0.1) is 5.41 Å². The first-order valence-corrected chi connectivity index (χ1v) is 8.00. The number of nitrogens with zero attached hydrogens (tertiary/aromatic N) is 1. The molecule has 19 heavy (non-hydrogen) atoms. The Morgan fingerprint density at radius 1 is 1.16 bits per heavy atom. The van der Waals surface area contributed by atoms with E-state index < -0.39 is 0 Å². The number of aliphatic hydroxyl groups excluding tert-OH is 1. The van der Waals surface area contributed by atoms with Crippen LogP contribution < -0.4 is 5.32 Å². The number of nitrogens with one attached hydrogen (secondary N) is 1. The molecule has 0 saturated carbocycles. The fourth-order valence-electron chi connectivity index (χ4n) is 2.56. The van der Waals surface area contributed by atoms with Gasteiger partial charge in [0.05, 0.1) is 6.61 Å². The van der Waals surface area contributed by atoms with Crippen LogP contribution in [0.4, 0.5) is 0 Å².